The maximum atomic E-state index is 13.1. The Labute approximate surface area is 196 Å². The minimum atomic E-state index is -0.887. The number of nitrogens with one attached hydrogen (secondary N) is 3. The van der Waals surface area contributed by atoms with Crippen LogP contribution in [0.3, 0.4) is 0 Å². The number of fused-ring (bicyclic) bond motifs is 1. The number of nitrogens with zero attached hydrogens (tertiary/aromatic N) is 5. The van der Waals surface area contributed by atoms with Crippen molar-refractivity contribution in [3.63, 3.8) is 0 Å². The fraction of sp³-hybridized carbons (Fsp3) is 0.435. The van der Waals surface area contributed by atoms with Gasteiger partial charge in [-0.25, -0.2) is 9.97 Å². The van der Waals surface area contributed by atoms with E-state index < -0.39 is 24.0 Å². The molecule has 11 heteroatoms. The maximum absolute atomic E-state index is 13.1. The first kappa shape index (κ1) is 22.2. The van der Waals surface area contributed by atoms with Crippen molar-refractivity contribution in [2.75, 3.05) is 22.1 Å². The van der Waals surface area contributed by atoms with E-state index in [4.69, 9.17) is 9.97 Å². The number of amides is 1. The number of halogens is 1. The van der Waals surface area contributed by atoms with Gasteiger partial charge >= 0.3 is 0 Å². The Balaban J connectivity index is 1.43. The van der Waals surface area contributed by atoms with Crippen LogP contribution in [-0.2, 0) is 17.6 Å². The Kier molecular flexibility index (Phi) is 5.86. The second kappa shape index (κ2) is 8.98. The van der Waals surface area contributed by atoms with Gasteiger partial charge in [0.05, 0.1) is 23.7 Å². The molecule has 3 aromatic rings. The number of aromatic amines is 1. The molecule has 1 aliphatic heterocycles. The summed E-state index contributed by atoms with van der Waals surface area (Å²) in [6.07, 6.45) is 3.42. The van der Waals surface area contributed by atoms with Gasteiger partial charge in [0, 0.05) is 23.9 Å². The Morgan fingerprint density at radius 1 is 1.29 bits per heavy atom. The highest BCUT2D eigenvalue weighted by molar-refractivity contribution is 5.97. The first-order valence-electron chi connectivity index (χ1n) is 11.5. The minimum Gasteiger partial charge on any atom is -0.390 e. The predicted molar refractivity (Wildman–Crippen MR) is 125 cm³/mol. The first-order chi connectivity index (χ1) is 16.4. The minimum absolute atomic E-state index is 0.316. The summed E-state index contributed by atoms with van der Waals surface area (Å²) in [5.41, 5.74) is 3.36. The van der Waals surface area contributed by atoms with E-state index in [0.29, 0.717) is 42.2 Å². The first-order valence-corrected chi connectivity index (χ1v) is 11.5. The molecule has 4 N–H and O–H groups in total. The molecule has 0 spiro atoms. The zero-order valence-corrected chi connectivity index (χ0v) is 19.0. The lowest BCUT2D eigenvalue weighted by Gasteiger charge is -2.26. The van der Waals surface area contributed by atoms with Gasteiger partial charge in [-0.2, -0.15) is 14.5 Å². The summed E-state index contributed by atoms with van der Waals surface area (Å²) < 4.78 is 13.1. The number of hydrogen-bond acceptors (Lipinski definition) is 8. The van der Waals surface area contributed by atoms with Crippen molar-refractivity contribution in [2.45, 2.75) is 57.6 Å². The van der Waals surface area contributed by atoms with Crippen LogP contribution in [0.4, 0.5) is 27.7 Å². The Hall–Kier alpha value is -3.60. The molecule has 0 unspecified atom stereocenters. The molecule has 1 fully saturated rings. The molecule has 0 bridgehead atoms. The molecular weight excluding hydrogens is 439 g/mol. The van der Waals surface area contributed by atoms with Crippen LogP contribution >= 0.6 is 0 Å². The fourth-order valence-electron chi connectivity index (χ4n) is 4.45. The average Bonchev–Trinajstić information content (AvgIpc) is 3.54. The molecule has 4 heterocycles. The van der Waals surface area contributed by atoms with Crippen LogP contribution in [0.25, 0.3) is 0 Å². The van der Waals surface area contributed by atoms with Crippen LogP contribution in [0.15, 0.2) is 24.4 Å². The number of carbonyl (C=O) groups excluding carboxylic acids is 1. The summed E-state index contributed by atoms with van der Waals surface area (Å²) in [7, 11) is 0. The van der Waals surface area contributed by atoms with Crippen LogP contribution < -0.4 is 15.5 Å². The number of aryl methyl sites for hydroxylation is 1. The Morgan fingerprint density at radius 2 is 2.15 bits per heavy atom. The second-order valence-corrected chi connectivity index (χ2v) is 8.99. The number of aliphatic hydroxyl groups excluding tert-OH is 1. The number of rotatable bonds is 6. The van der Waals surface area contributed by atoms with Crippen molar-refractivity contribution in [1.29, 1.82) is 0 Å². The van der Waals surface area contributed by atoms with Crippen LogP contribution in [0.1, 0.15) is 49.6 Å². The van der Waals surface area contributed by atoms with Gasteiger partial charge in [0.2, 0.25) is 17.8 Å². The van der Waals surface area contributed by atoms with Crippen LogP contribution in [0, 0.1) is 5.95 Å². The normalized spacial score (nSPS) is 19.5. The van der Waals surface area contributed by atoms with Gasteiger partial charge < -0.3 is 20.6 Å². The lowest BCUT2D eigenvalue weighted by molar-refractivity contribution is -0.119. The standard InChI is InChI=1S/C23H27FN8O2/c1-12(2)16-10-19(31-30-16)28-21-14-4-3-5-15(14)27-23(29-21)32-9-8-17(33)20(32)22(34)26-13-6-7-18(24)25-11-13/h6-7,10-12,17,20,33H,3-5,8-9H2,1-2H3,(H,26,34)(H2,27,28,29,30,31)/t17-,20+/m0/s1. The number of aliphatic hydroxyl groups is 1. The Bertz CT molecular complexity index is 1200. The summed E-state index contributed by atoms with van der Waals surface area (Å²) >= 11 is 0. The van der Waals surface area contributed by atoms with Crippen molar-refractivity contribution in [1.82, 2.24) is 25.1 Å². The van der Waals surface area contributed by atoms with Crippen LogP contribution in [0.2, 0.25) is 0 Å². The molecule has 0 saturated carbocycles. The molecule has 1 aliphatic carbocycles. The summed E-state index contributed by atoms with van der Waals surface area (Å²) in [6.45, 7) is 4.60. The third-order valence-corrected chi connectivity index (χ3v) is 6.27. The summed E-state index contributed by atoms with van der Waals surface area (Å²) in [6, 6.07) is 3.67. The molecule has 5 rings (SSSR count). The van der Waals surface area contributed by atoms with Gasteiger partial charge in [0.1, 0.15) is 11.9 Å². The molecule has 0 aromatic carbocycles. The number of carbonyl (C=O) groups is 1. The SMILES string of the molecule is CC(C)c1cc(Nc2nc(N3CC[C@H](O)[C@@H]3C(=O)Nc3ccc(F)nc3)nc3c2CCC3)n[nH]1. The highest BCUT2D eigenvalue weighted by atomic mass is 19.1. The monoisotopic (exact) mass is 466 g/mol. The van der Waals surface area contributed by atoms with Gasteiger partial charge in [0.25, 0.3) is 0 Å². The number of H-pyrrole nitrogens is 1. The molecule has 0 radical (unpaired) electrons. The van der Waals surface area contributed by atoms with E-state index in [1.165, 1.54) is 18.3 Å². The molecule has 1 saturated heterocycles. The lowest BCUT2D eigenvalue weighted by Crippen LogP contribution is -2.46. The van der Waals surface area contributed by atoms with Crippen molar-refractivity contribution < 1.29 is 14.3 Å². The largest absolute Gasteiger partial charge is 0.390 e. The zero-order chi connectivity index (χ0) is 23.8. The van der Waals surface area contributed by atoms with Crippen molar-refractivity contribution in [2.24, 2.45) is 0 Å². The lowest BCUT2D eigenvalue weighted by atomic mass is 10.1. The number of hydrogen-bond donors (Lipinski definition) is 4. The van der Waals surface area contributed by atoms with E-state index in [9.17, 15) is 14.3 Å². The third-order valence-electron chi connectivity index (χ3n) is 6.27. The molecule has 2 atom stereocenters. The van der Waals surface area contributed by atoms with Gasteiger partial charge in [0.15, 0.2) is 5.82 Å². The highest BCUT2D eigenvalue weighted by Crippen LogP contribution is 2.33. The zero-order valence-electron chi connectivity index (χ0n) is 19.0. The fourth-order valence-corrected chi connectivity index (χ4v) is 4.45. The topological polar surface area (TPSA) is 132 Å². The average molecular weight is 467 g/mol. The Morgan fingerprint density at radius 3 is 2.88 bits per heavy atom. The van der Waals surface area contributed by atoms with Gasteiger partial charge in [-0.05, 0) is 43.7 Å². The number of aromatic nitrogens is 5. The second-order valence-electron chi connectivity index (χ2n) is 8.99. The third kappa shape index (κ3) is 4.30. The van der Waals surface area contributed by atoms with E-state index in [2.05, 4.69) is 39.7 Å². The van der Waals surface area contributed by atoms with Crippen molar-refractivity contribution in [3.8, 4) is 0 Å². The van der Waals surface area contributed by atoms with Gasteiger partial charge in [-0.15, -0.1) is 0 Å². The van der Waals surface area contributed by atoms with Crippen LogP contribution in [-0.4, -0.2) is 54.9 Å². The molecule has 178 valence electrons. The molecule has 10 nitrogen and oxygen atoms in total. The van der Waals surface area contributed by atoms with Crippen molar-refractivity contribution >= 4 is 29.2 Å². The number of pyridine rings is 1. The van der Waals surface area contributed by atoms with E-state index in [1.807, 2.05) is 6.07 Å². The van der Waals surface area contributed by atoms with E-state index >= 15 is 0 Å². The molecule has 2 aliphatic rings. The highest BCUT2D eigenvalue weighted by Gasteiger charge is 2.40. The molecule has 3 aromatic heterocycles. The van der Waals surface area contributed by atoms with Crippen LogP contribution in [0.5, 0.6) is 0 Å². The quantitative estimate of drug-likeness (QED) is 0.408. The molecule has 34 heavy (non-hydrogen) atoms. The summed E-state index contributed by atoms with van der Waals surface area (Å²) in [5.74, 6) is 0.980. The van der Waals surface area contributed by atoms with Gasteiger partial charge in [-0.1, -0.05) is 13.8 Å². The number of anilines is 4. The predicted octanol–water partition coefficient (Wildman–Crippen LogP) is 2.67. The molecule has 1 amide bonds. The van der Waals surface area contributed by atoms with Gasteiger partial charge in [-0.3, -0.25) is 9.89 Å². The molecular formula is C23H27FN8O2. The summed E-state index contributed by atoms with van der Waals surface area (Å²) in [5, 5.41) is 24.0. The van der Waals surface area contributed by atoms with E-state index in [0.717, 1.165) is 36.2 Å². The van der Waals surface area contributed by atoms with Crippen molar-refractivity contribution in [3.05, 3.63) is 47.3 Å². The summed E-state index contributed by atoms with van der Waals surface area (Å²) in [4.78, 5) is 27.8. The van der Waals surface area contributed by atoms with E-state index in [1.54, 1.807) is 4.90 Å². The smallest absolute Gasteiger partial charge is 0.249 e. The maximum Gasteiger partial charge on any atom is 0.249 e. The van der Waals surface area contributed by atoms with E-state index in [-0.39, 0.29) is 0 Å².